The molecule has 188 valence electrons. The van der Waals surface area contributed by atoms with E-state index in [1.54, 1.807) is 32.9 Å². The van der Waals surface area contributed by atoms with Gasteiger partial charge in [0.25, 0.3) is 5.91 Å². The summed E-state index contributed by atoms with van der Waals surface area (Å²) in [4.78, 5) is 46.0. The normalized spacial score (nSPS) is 23.0. The van der Waals surface area contributed by atoms with E-state index in [0.29, 0.717) is 10.6 Å². The zero-order valence-electron chi connectivity index (χ0n) is 20.5. The predicted molar refractivity (Wildman–Crippen MR) is 119 cm³/mol. The summed E-state index contributed by atoms with van der Waals surface area (Å²) in [5.74, 6) is -2.21. The molecule has 1 saturated heterocycles. The van der Waals surface area contributed by atoms with Crippen molar-refractivity contribution in [1.29, 1.82) is 5.26 Å². The van der Waals surface area contributed by atoms with Crippen LogP contribution in [0.5, 0.6) is 17.2 Å². The second kappa shape index (κ2) is 9.32. The fourth-order valence-corrected chi connectivity index (χ4v) is 4.19. The van der Waals surface area contributed by atoms with Gasteiger partial charge in [0.15, 0.2) is 6.04 Å². The van der Waals surface area contributed by atoms with Crippen LogP contribution in [0.3, 0.4) is 0 Å². The number of amides is 2. The Hall–Kier alpha value is -4.01. The van der Waals surface area contributed by atoms with Gasteiger partial charge in [0.05, 0.1) is 52.4 Å². The number of carbonyl (C=O) groups is 3. The fraction of sp³-hybridized carbons (Fsp3) is 0.522. The van der Waals surface area contributed by atoms with Crippen molar-refractivity contribution >= 4 is 23.7 Å². The molecule has 0 aromatic heterocycles. The van der Waals surface area contributed by atoms with Gasteiger partial charge >= 0.3 is 12.1 Å². The molecular formula is C23H27N3O9. The monoisotopic (exact) mass is 489 g/mol. The molecule has 0 spiro atoms. The number of benzene rings is 1. The quantitative estimate of drug-likeness (QED) is 0.544. The maximum Gasteiger partial charge on any atom is 0.418 e. The van der Waals surface area contributed by atoms with E-state index in [9.17, 15) is 19.6 Å². The number of rotatable bonds is 6. The first-order valence-corrected chi connectivity index (χ1v) is 10.6. The van der Waals surface area contributed by atoms with Gasteiger partial charge in [-0.05, 0) is 20.8 Å². The van der Waals surface area contributed by atoms with Gasteiger partial charge in [-0.2, -0.15) is 5.26 Å². The van der Waals surface area contributed by atoms with Crippen molar-refractivity contribution in [3.63, 3.8) is 0 Å². The molecule has 0 bridgehead atoms. The molecule has 1 fully saturated rings. The highest BCUT2D eigenvalue weighted by molar-refractivity contribution is 6.17. The smallest absolute Gasteiger partial charge is 0.418 e. The molecule has 0 N–H and O–H groups in total. The summed E-state index contributed by atoms with van der Waals surface area (Å²) in [6.07, 6.45) is -1.59. The number of oxime groups is 1. The van der Waals surface area contributed by atoms with E-state index in [-0.39, 0.29) is 22.8 Å². The van der Waals surface area contributed by atoms with Crippen LogP contribution in [-0.4, -0.2) is 74.3 Å². The number of hydrogen-bond donors (Lipinski definition) is 0. The van der Waals surface area contributed by atoms with Gasteiger partial charge in [-0.15, -0.1) is 0 Å². The Labute approximate surface area is 202 Å². The highest BCUT2D eigenvalue weighted by Gasteiger charge is 2.71. The second-order valence-corrected chi connectivity index (χ2v) is 8.80. The minimum absolute atomic E-state index is 0.0615. The first kappa shape index (κ1) is 25.6. The Morgan fingerprint density at radius 2 is 1.74 bits per heavy atom. The SMILES string of the molecule is COC(=O)[C@H]1[C@@H]2C(c3c(OC)cc(OC)cc3OC)=NO[C@]2(CC#N)C(=O)N1C(=O)OC(C)(C)C. The lowest BCUT2D eigenvalue weighted by atomic mass is 9.78. The number of fused-ring (bicyclic) bond motifs is 1. The Kier molecular flexibility index (Phi) is 6.82. The standard InChI is InChI=1S/C23H27N3O9/c1-22(2,3)34-21(29)26-18(19(27)33-7)16-17(25-35-23(16,8-9-24)20(26)28)15-13(31-5)10-12(30-4)11-14(15)32-6/h10-11,16,18H,8H2,1-7H3/t16-,18+,23-/m0/s1. The molecule has 2 aliphatic heterocycles. The summed E-state index contributed by atoms with van der Waals surface area (Å²) in [7, 11) is 5.39. The fourth-order valence-electron chi connectivity index (χ4n) is 4.19. The van der Waals surface area contributed by atoms with Crippen LogP contribution >= 0.6 is 0 Å². The Bertz CT molecular complexity index is 1090. The van der Waals surface area contributed by atoms with Crippen LogP contribution in [0.15, 0.2) is 17.3 Å². The molecule has 0 unspecified atom stereocenters. The molecule has 1 aromatic carbocycles. The summed E-state index contributed by atoms with van der Waals surface area (Å²) in [5, 5.41) is 13.7. The number of ether oxygens (including phenoxy) is 5. The molecule has 3 rings (SSSR count). The van der Waals surface area contributed by atoms with Gasteiger partial charge in [0.1, 0.15) is 28.6 Å². The molecule has 2 heterocycles. The van der Waals surface area contributed by atoms with Crippen LogP contribution in [0.4, 0.5) is 4.79 Å². The molecule has 0 saturated carbocycles. The maximum absolute atomic E-state index is 13.6. The summed E-state index contributed by atoms with van der Waals surface area (Å²) < 4.78 is 26.6. The average Bonchev–Trinajstić information content (AvgIpc) is 3.29. The van der Waals surface area contributed by atoms with Gasteiger partial charge in [-0.25, -0.2) is 14.5 Å². The van der Waals surface area contributed by atoms with Crippen LogP contribution in [0.1, 0.15) is 32.8 Å². The molecule has 2 amide bonds. The third kappa shape index (κ3) is 4.18. The lowest BCUT2D eigenvalue weighted by Crippen LogP contribution is -2.49. The van der Waals surface area contributed by atoms with Gasteiger partial charge in [-0.1, -0.05) is 5.16 Å². The van der Waals surface area contributed by atoms with Gasteiger partial charge in [0, 0.05) is 12.1 Å². The zero-order valence-corrected chi connectivity index (χ0v) is 20.5. The van der Waals surface area contributed by atoms with Crippen molar-refractivity contribution in [2.75, 3.05) is 28.4 Å². The number of carbonyl (C=O) groups excluding carboxylic acids is 3. The first-order chi connectivity index (χ1) is 16.5. The minimum atomic E-state index is -1.98. The van der Waals surface area contributed by atoms with E-state index in [4.69, 9.17) is 28.5 Å². The summed E-state index contributed by atoms with van der Waals surface area (Å²) in [6.45, 7) is 4.84. The number of hydrogen-bond acceptors (Lipinski definition) is 11. The summed E-state index contributed by atoms with van der Waals surface area (Å²) in [6, 6.07) is 3.48. The van der Waals surface area contributed by atoms with Crippen LogP contribution in [0.2, 0.25) is 0 Å². The minimum Gasteiger partial charge on any atom is -0.496 e. The van der Waals surface area contributed by atoms with Crippen molar-refractivity contribution in [2.45, 2.75) is 44.4 Å². The number of methoxy groups -OCH3 is 4. The average molecular weight is 489 g/mol. The summed E-state index contributed by atoms with van der Waals surface area (Å²) >= 11 is 0. The van der Waals surface area contributed by atoms with Crippen LogP contribution in [0, 0.1) is 17.2 Å². The molecule has 12 nitrogen and oxygen atoms in total. The van der Waals surface area contributed by atoms with Gasteiger partial charge in [-0.3, -0.25) is 4.79 Å². The van der Waals surface area contributed by atoms with E-state index in [1.807, 2.05) is 6.07 Å². The maximum atomic E-state index is 13.6. The highest BCUT2D eigenvalue weighted by Crippen LogP contribution is 2.50. The van der Waals surface area contributed by atoms with E-state index in [1.165, 1.54) is 21.3 Å². The van der Waals surface area contributed by atoms with E-state index in [2.05, 4.69) is 5.16 Å². The first-order valence-electron chi connectivity index (χ1n) is 10.6. The summed E-state index contributed by atoms with van der Waals surface area (Å²) in [5.41, 5.74) is -2.63. The molecule has 35 heavy (non-hydrogen) atoms. The Morgan fingerprint density at radius 1 is 1.14 bits per heavy atom. The van der Waals surface area contributed by atoms with Crippen molar-refractivity contribution in [2.24, 2.45) is 11.1 Å². The molecule has 1 aromatic rings. The van der Waals surface area contributed by atoms with Crippen molar-refractivity contribution in [3.8, 4) is 23.3 Å². The molecule has 0 radical (unpaired) electrons. The number of nitriles is 1. The Balaban J connectivity index is 2.25. The van der Waals surface area contributed by atoms with Crippen molar-refractivity contribution < 1.29 is 42.9 Å². The van der Waals surface area contributed by atoms with E-state index < -0.39 is 47.6 Å². The van der Waals surface area contributed by atoms with Crippen LogP contribution in [-0.2, 0) is 23.9 Å². The van der Waals surface area contributed by atoms with Crippen LogP contribution in [0.25, 0.3) is 0 Å². The molecule has 12 heteroatoms. The van der Waals surface area contributed by atoms with Crippen LogP contribution < -0.4 is 14.2 Å². The molecular weight excluding hydrogens is 462 g/mol. The number of likely N-dealkylation sites (tertiary alicyclic amines) is 1. The van der Waals surface area contributed by atoms with Gasteiger partial charge in [0.2, 0.25) is 5.60 Å². The molecule has 0 aliphatic carbocycles. The topological polar surface area (TPSA) is 146 Å². The second-order valence-electron chi connectivity index (χ2n) is 8.80. The predicted octanol–water partition coefficient (Wildman–Crippen LogP) is 2.03. The number of esters is 1. The third-order valence-electron chi connectivity index (χ3n) is 5.62. The van der Waals surface area contributed by atoms with E-state index in [0.717, 1.165) is 7.11 Å². The molecule has 3 atom stereocenters. The molecule has 2 aliphatic rings. The number of nitrogens with zero attached hydrogens (tertiary/aromatic N) is 3. The van der Waals surface area contributed by atoms with Crippen molar-refractivity contribution in [3.05, 3.63) is 17.7 Å². The van der Waals surface area contributed by atoms with E-state index >= 15 is 0 Å². The highest BCUT2D eigenvalue weighted by atomic mass is 16.7. The van der Waals surface area contributed by atoms with Crippen molar-refractivity contribution in [1.82, 2.24) is 4.90 Å². The lowest BCUT2D eigenvalue weighted by molar-refractivity contribution is -0.151. The number of imide groups is 1. The zero-order chi connectivity index (χ0) is 26.1. The third-order valence-corrected chi connectivity index (χ3v) is 5.62. The Morgan fingerprint density at radius 3 is 2.20 bits per heavy atom. The van der Waals surface area contributed by atoms with Gasteiger partial charge < -0.3 is 28.5 Å². The lowest BCUT2D eigenvalue weighted by Gasteiger charge is -2.27. The largest absolute Gasteiger partial charge is 0.496 e.